The molecular formula is C56H58N6O12. The molecule has 2 unspecified atom stereocenters. The average molecular weight is 1010 g/mol. The van der Waals surface area contributed by atoms with E-state index in [-0.39, 0.29) is 11.8 Å². The van der Waals surface area contributed by atoms with E-state index in [1.165, 1.54) is 20.5 Å². The number of anilines is 2. The third-order valence-electron chi connectivity index (χ3n) is 11.8. The van der Waals surface area contributed by atoms with E-state index in [4.69, 9.17) is 58.4 Å². The van der Waals surface area contributed by atoms with Gasteiger partial charge in [0.1, 0.15) is 23.5 Å². The smallest absolute Gasteiger partial charge is 0.241 e. The minimum absolute atomic E-state index is 0.325. The Morgan fingerprint density at radius 3 is 1.34 bits per heavy atom. The lowest BCUT2D eigenvalue weighted by atomic mass is 10.00. The maximum absolute atomic E-state index is 12.9. The number of aromatic nitrogens is 2. The number of methoxy groups -OCH3 is 8. The van der Waals surface area contributed by atoms with Gasteiger partial charge >= 0.3 is 0 Å². The number of nitrogens with two attached hydrogens (primary N) is 2. The molecule has 18 heteroatoms. The van der Waals surface area contributed by atoms with Gasteiger partial charge in [-0.3, -0.25) is 9.59 Å². The van der Waals surface area contributed by atoms with Crippen molar-refractivity contribution >= 4 is 23.2 Å². The third-order valence-corrected chi connectivity index (χ3v) is 11.8. The predicted octanol–water partition coefficient (Wildman–Crippen LogP) is 9.10. The summed E-state index contributed by atoms with van der Waals surface area (Å²) in [6, 6.07) is 35.7. The van der Waals surface area contributed by atoms with Crippen LogP contribution in [0.25, 0.3) is 44.8 Å². The van der Waals surface area contributed by atoms with Gasteiger partial charge in [0.15, 0.2) is 28.8 Å². The van der Waals surface area contributed by atoms with Crippen LogP contribution in [0, 0.1) is 0 Å². The molecule has 2 amide bonds. The summed E-state index contributed by atoms with van der Waals surface area (Å²) in [5, 5.41) is 14.0. The van der Waals surface area contributed by atoms with Crippen molar-refractivity contribution in [3.05, 3.63) is 145 Å². The van der Waals surface area contributed by atoms with E-state index in [1.807, 2.05) is 72.8 Å². The molecule has 0 fully saturated rings. The molecule has 384 valence electrons. The quantitative estimate of drug-likeness (QED) is 0.0557. The summed E-state index contributed by atoms with van der Waals surface area (Å²) in [6.45, 7) is 0. The summed E-state index contributed by atoms with van der Waals surface area (Å²) < 4.78 is 54.7. The number of carbonyl (C=O) groups is 2. The highest BCUT2D eigenvalue weighted by atomic mass is 16.5. The van der Waals surface area contributed by atoms with Gasteiger partial charge in [-0.2, -0.15) is 0 Å². The van der Waals surface area contributed by atoms with Crippen LogP contribution in [0.1, 0.15) is 11.1 Å². The van der Waals surface area contributed by atoms with E-state index < -0.39 is 12.1 Å². The summed E-state index contributed by atoms with van der Waals surface area (Å²) in [5.74, 6) is 3.71. The van der Waals surface area contributed by atoms with Gasteiger partial charge in [0.2, 0.25) is 23.3 Å². The number of ether oxygens (including phenoxy) is 8. The van der Waals surface area contributed by atoms with Gasteiger partial charge in [-0.05, 0) is 83.6 Å². The van der Waals surface area contributed by atoms with Crippen LogP contribution in [-0.4, -0.2) is 91.1 Å². The first-order chi connectivity index (χ1) is 36.0. The van der Waals surface area contributed by atoms with Crippen molar-refractivity contribution in [3.8, 4) is 90.8 Å². The third kappa shape index (κ3) is 12.2. The van der Waals surface area contributed by atoms with Gasteiger partial charge in [0, 0.05) is 22.3 Å². The summed E-state index contributed by atoms with van der Waals surface area (Å²) >= 11 is 0. The van der Waals surface area contributed by atoms with Crippen molar-refractivity contribution in [2.24, 2.45) is 11.5 Å². The molecule has 2 aromatic heterocycles. The Labute approximate surface area is 428 Å². The van der Waals surface area contributed by atoms with Crippen LogP contribution < -0.4 is 60.0 Å². The lowest BCUT2D eigenvalue weighted by Crippen LogP contribution is -2.37. The highest BCUT2D eigenvalue weighted by molar-refractivity contribution is 5.98. The average Bonchev–Trinajstić information content (AvgIpc) is 4.14. The Hall–Kier alpha value is -9.00. The molecule has 0 bridgehead atoms. The lowest BCUT2D eigenvalue weighted by Gasteiger charge is -2.16. The van der Waals surface area contributed by atoms with Crippen molar-refractivity contribution in [2.75, 3.05) is 67.5 Å². The fourth-order valence-corrected chi connectivity index (χ4v) is 8.05. The Morgan fingerprint density at radius 1 is 0.500 bits per heavy atom. The summed E-state index contributed by atoms with van der Waals surface area (Å²) in [6.07, 6.45) is 3.96. The van der Waals surface area contributed by atoms with Crippen molar-refractivity contribution in [1.82, 2.24) is 10.3 Å². The van der Waals surface area contributed by atoms with E-state index >= 15 is 0 Å². The van der Waals surface area contributed by atoms with Crippen LogP contribution in [0.2, 0.25) is 0 Å². The molecule has 0 aliphatic rings. The van der Waals surface area contributed by atoms with E-state index in [0.29, 0.717) is 104 Å². The molecule has 0 saturated heterocycles. The molecule has 6 N–H and O–H groups in total. The first kappa shape index (κ1) is 52.8. The van der Waals surface area contributed by atoms with Crippen LogP contribution in [-0.2, 0) is 22.4 Å². The van der Waals surface area contributed by atoms with Gasteiger partial charge in [-0.25, -0.2) is 0 Å². The van der Waals surface area contributed by atoms with Crippen LogP contribution in [0.4, 0.5) is 11.4 Å². The number of hydrogen-bond donors (Lipinski definition) is 4. The van der Waals surface area contributed by atoms with Crippen LogP contribution >= 0.6 is 0 Å². The normalized spacial score (nSPS) is 11.5. The number of nitrogens with zero attached hydrogens (tertiary/aromatic N) is 2. The standard InChI is InChI=1S/2C28H29N3O6/c1-33-23-11-10-18(13-22(23)30-28(32)21(29)12-17-8-6-5-7-9-17)20-16-37-31-26(20)19-14-24(34-2)27(36-4)25(15-19)35-3;1-33-23-11-10-18(13-22(23)31-28(32)21(29)12-17-8-6-5-7-9-17)20-16-30-37-26(20)19-14-24(34-2)27(36-4)25(15-19)35-3/h5-11,13-16,21H,12,29H2,1-4H3,(H,30,32);5-11,13-16,21H,12,29H2,1-4H3,(H,31,32). The maximum Gasteiger partial charge on any atom is 0.241 e. The zero-order valence-corrected chi connectivity index (χ0v) is 42.2. The zero-order valence-electron chi connectivity index (χ0n) is 42.2. The molecule has 18 nitrogen and oxygen atoms in total. The monoisotopic (exact) mass is 1010 g/mol. The second-order valence-corrected chi connectivity index (χ2v) is 16.4. The molecule has 0 aliphatic heterocycles. The predicted molar refractivity (Wildman–Crippen MR) is 281 cm³/mol. The molecule has 0 aliphatic carbocycles. The lowest BCUT2D eigenvalue weighted by molar-refractivity contribution is -0.118. The number of amides is 2. The minimum Gasteiger partial charge on any atom is -0.495 e. The SMILES string of the molecule is COc1ccc(-c2cnoc2-c2cc(OC)c(OC)c(OC)c2)cc1NC(=O)C(N)Cc1ccccc1.COc1ccc(-c2conc2-c2cc(OC)c(OC)c(OC)c2)cc1NC(=O)C(N)Cc1ccccc1. The highest BCUT2D eigenvalue weighted by Gasteiger charge is 2.24. The van der Waals surface area contributed by atoms with Crippen molar-refractivity contribution in [1.29, 1.82) is 0 Å². The van der Waals surface area contributed by atoms with Crippen LogP contribution in [0.3, 0.4) is 0 Å². The van der Waals surface area contributed by atoms with E-state index in [9.17, 15) is 9.59 Å². The molecule has 74 heavy (non-hydrogen) atoms. The molecule has 8 rings (SSSR count). The number of rotatable bonds is 20. The summed E-state index contributed by atoms with van der Waals surface area (Å²) in [7, 11) is 12.3. The molecule has 0 spiro atoms. The van der Waals surface area contributed by atoms with Crippen molar-refractivity contribution in [2.45, 2.75) is 24.9 Å². The Kier molecular flexibility index (Phi) is 17.8. The first-order valence-electron chi connectivity index (χ1n) is 23.0. The fourth-order valence-electron chi connectivity index (χ4n) is 8.05. The molecule has 6 aromatic carbocycles. The zero-order chi connectivity index (χ0) is 52.7. The van der Waals surface area contributed by atoms with Gasteiger partial charge in [0.25, 0.3) is 0 Å². The van der Waals surface area contributed by atoms with Crippen molar-refractivity contribution in [3.63, 3.8) is 0 Å². The van der Waals surface area contributed by atoms with E-state index in [0.717, 1.165) is 22.3 Å². The Morgan fingerprint density at radius 2 is 0.919 bits per heavy atom. The van der Waals surface area contributed by atoms with Crippen LogP contribution in [0.5, 0.6) is 46.0 Å². The molecule has 2 atom stereocenters. The fraction of sp³-hybridized carbons (Fsp3) is 0.214. The van der Waals surface area contributed by atoms with Crippen molar-refractivity contribution < 1.29 is 56.5 Å². The van der Waals surface area contributed by atoms with E-state index in [2.05, 4.69) is 20.9 Å². The van der Waals surface area contributed by atoms with Gasteiger partial charge in [0.05, 0.1) is 86.5 Å². The second kappa shape index (κ2) is 24.9. The molecule has 2 heterocycles. The Bertz CT molecular complexity index is 2900. The second-order valence-electron chi connectivity index (χ2n) is 16.4. The molecular weight excluding hydrogens is 949 g/mol. The molecule has 0 radical (unpaired) electrons. The minimum atomic E-state index is -0.735. The molecule has 0 saturated carbocycles. The van der Waals surface area contributed by atoms with E-state index in [1.54, 1.807) is 97.4 Å². The first-order valence-corrected chi connectivity index (χ1v) is 23.0. The largest absolute Gasteiger partial charge is 0.495 e. The summed E-state index contributed by atoms with van der Waals surface area (Å²) in [4.78, 5) is 25.8. The van der Waals surface area contributed by atoms with Gasteiger partial charge in [-0.15, -0.1) is 0 Å². The van der Waals surface area contributed by atoms with Gasteiger partial charge < -0.3 is 69.0 Å². The topological polar surface area (TPSA) is 236 Å². The molecule has 8 aromatic rings. The van der Waals surface area contributed by atoms with Gasteiger partial charge in [-0.1, -0.05) is 83.1 Å². The maximum atomic E-state index is 12.9. The number of hydrogen-bond acceptors (Lipinski definition) is 16. The number of benzene rings is 6. The summed E-state index contributed by atoms with van der Waals surface area (Å²) in [5.41, 5.74) is 20.1. The Balaban J connectivity index is 0.000000216. The van der Waals surface area contributed by atoms with Crippen LogP contribution in [0.15, 0.2) is 143 Å². The number of carbonyl (C=O) groups excluding carboxylic acids is 2. The highest BCUT2D eigenvalue weighted by Crippen LogP contribution is 2.45. The number of nitrogens with one attached hydrogen (secondary N) is 2.